The number of thioether (sulfide) groups is 1. The first-order valence-corrected chi connectivity index (χ1v) is 16.2. The van der Waals surface area contributed by atoms with Gasteiger partial charge in [-0.3, -0.25) is 14.2 Å². The van der Waals surface area contributed by atoms with Gasteiger partial charge in [-0.05, 0) is 74.5 Å². The van der Waals surface area contributed by atoms with Crippen LogP contribution >= 0.6 is 11.8 Å². The molecule has 2 aliphatic rings. The van der Waals surface area contributed by atoms with Crippen LogP contribution in [0.2, 0.25) is 0 Å². The molecule has 42 heavy (non-hydrogen) atoms. The van der Waals surface area contributed by atoms with Crippen molar-refractivity contribution < 1.29 is 4.79 Å². The van der Waals surface area contributed by atoms with Gasteiger partial charge in [0.2, 0.25) is 0 Å². The summed E-state index contributed by atoms with van der Waals surface area (Å²) in [7, 11) is 1.78. The van der Waals surface area contributed by atoms with Crippen molar-refractivity contribution >= 4 is 34.3 Å². The molecular formula is C34H39N5O2S. The van der Waals surface area contributed by atoms with Crippen molar-refractivity contribution in [1.82, 2.24) is 19.4 Å². The number of pyridine rings is 1. The number of benzene rings is 2. The summed E-state index contributed by atoms with van der Waals surface area (Å²) in [4.78, 5) is 40.7. The number of ketones is 1. The van der Waals surface area contributed by atoms with Gasteiger partial charge in [0.25, 0.3) is 5.56 Å². The van der Waals surface area contributed by atoms with E-state index in [4.69, 9.17) is 4.98 Å². The maximum atomic E-state index is 13.2. The first-order chi connectivity index (χ1) is 20.5. The third kappa shape index (κ3) is 6.01. The van der Waals surface area contributed by atoms with Gasteiger partial charge in [0.1, 0.15) is 5.82 Å². The third-order valence-electron chi connectivity index (χ3n) is 8.82. The summed E-state index contributed by atoms with van der Waals surface area (Å²) < 4.78 is 1.64. The van der Waals surface area contributed by atoms with E-state index in [9.17, 15) is 9.59 Å². The number of hydrogen-bond acceptors (Lipinski definition) is 7. The molecule has 0 amide bonds. The average Bonchev–Trinajstić information content (AvgIpc) is 3.06. The van der Waals surface area contributed by atoms with Crippen LogP contribution < -0.4 is 10.5 Å². The van der Waals surface area contributed by atoms with Crippen LogP contribution in [0.1, 0.15) is 66.1 Å². The molecular weight excluding hydrogens is 542 g/mol. The Morgan fingerprint density at radius 3 is 2.36 bits per heavy atom. The van der Waals surface area contributed by atoms with Crippen LogP contribution in [0.25, 0.3) is 10.9 Å². The predicted octanol–water partition coefficient (Wildman–Crippen LogP) is 5.87. The SMILES string of the molecule is CCc1cccc2nc(SCc3ccc(C(=O)c4ccc(N5CCC(N6CCCCC6)CC5)nc4)cc3)n(C)c(=O)c12. The summed E-state index contributed by atoms with van der Waals surface area (Å²) in [5.74, 6) is 1.58. The molecule has 0 aliphatic carbocycles. The first kappa shape index (κ1) is 28.6. The number of hydrogen-bond donors (Lipinski definition) is 0. The van der Waals surface area contributed by atoms with E-state index in [-0.39, 0.29) is 11.3 Å². The van der Waals surface area contributed by atoms with E-state index in [1.807, 2.05) is 54.6 Å². The lowest BCUT2D eigenvalue weighted by atomic mass is 10.00. The minimum absolute atomic E-state index is 0.0116. The highest BCUT2D eigenvalue weighted by atomic mass is 32.2. The van der Waals surface area contributed by atoms with E-state index in [0.717, 1.165) is 42.0 Å². The Kier molecular flexibility index (Phi) is 8.72. The van der Waals surface area contributed by atoms with Crippen molar-refractivity contribution in [2.45, 2.75) is 62.4 Å². The number of piperidine rings is 2. The van der Waals surface area contributed by atoms with Crippen LogP contribution in [0.4, 0.5) is 5.82 Å². The quantitative estimate of drug-likeness (QED) is 0.146. The fourth-order valence-corrected chi connectivity index (χ4v) is 7.23. The number of likely N-dealkylation sites (tertiary alicyclic amines) is 1. The Hall–Kier alpha value is -3.49. The molecule has 0 bridgehead atoms. The fraction of sp³-hybridized carbons (Fsp3) is 0.412. The highest BCUT2D eigenvalue weighted by Crippen LogP contribution is 2.26. The van der Waals surface area contributed by atoms with Crippen molar-refractivity contribution in [1.29, 1.82) is 0 Å². The number of nitrogens with zero attached hydrogens (tertiary/aromatic N) is 5. The topological polar surface area (TPSA) is 71.3 Å². The lowest BCUT2D eigenvalue weighted by molar-refractivity contribution is 0.103. The molecule has 7 nitrogen and oxygen atoms in total. The Morgan fingerprint density at radius 2 is 1.67 bits per heavy atom. The van der Waals surface area contributed by atoms with E-state index >= 15 is 0 Å². The fourth-order valence-electron chi connectivity index (χ4n) is 6.30. The number of anilines is 1. The molecule has 0 atom stereocenters. The molecule has 0 N–H and O–H groups in total. The Bertz CT molecular complexity index is 1600. The molecule has 0 radical (unpaired) electrons. The number of carbonyl (C=O) groups excluding carboxylic acids is 1. The number of aryl methyl sites for hydroxylation is 1. The molecule has 0 unspecified atom stereocenters. The van der Waals surface area contributed by atoms with E-state index in [1.165, 1.54) is 57.0 Å². The number of aromatic nitrogens is 3. The molecule has 6 rings (SSSR count). The lowest BCUT2D eigenvalue weighted by Crippen LogP contribution is -2.46. The maximum absolute atomic E-state index is 13.2. The van der Waals surface area contributed by atoms with Crippen molar-refractivity contribution in [3.63, 3.8) is 0 Å². The van der Waals surface area contributed by atoms with E-state index in [0.29, 0.717) is 33.5 Å². The highest BCUT2D eigenvalue weighted by molar-refractivity contribution is 7.98. The molecule has 2 aromatic heterocycles. The monoisotopic (exact) mass is 581 g/mol. The summed E-state index contributed by atoms with van der Waals surface area (Å²) in [5.41, 5.74) is 4.06. The van der Waals surface area contributed by atoms with E-state index in [1.54, 1.807) is 17.8 Å². The smallest absolute Gasteiger partial charge is 0.262 e. The van der Waals surface area contributed by atoms with Gasteiger partial charge in [-0.2, -0.15) is 0 Å². The highest BCUT2D eigenvalue weighted by Gasteiger charge is 2.26. The third-order valence-corrected chi connectivity index (χ3v) is 9.92. The van der Waals surface area contributed by atoms with Crippen molar-refractivity contribution in [3.8, 4) is 0 Å². The van der Waals surface area contributed by atoms with Gasteiger partial charge in [-0.25, -0.2) is 9.97 Å². The van der Waals surface area contributed by atoms with Crippen LogP contribution in [0.5, 0.6) is 0 Å². The molecule has 2 fully saturated rings. The molecule has 2 aliphatic heterocycles. The molecule has 0 spiro atoms. The van der Waals surface area contributed by atoms with Gasteiger partial charge < -0.3 is 9.80 Å². The standard InChI is InChI=1S/C34H39N5O2S/c1-3-25-8-7-9-29-31(25)33(41)37(2)34(36-29)42-23-24-10-12-26(13-11-24)32(40)27-14-15-30(35-22-27)39-20-16-28(17-21-39)38-18-5-4-6-19-38/h7-15,22,28H,3-6,16-21,23H2,1-2H3. The normalized spacial score (nSPS) is 16.7. The zero-order valence-electron chi connectivity index (χ0n) is 24.6. The second kappa shape index (κ2) is 12.8. The molecule has 4 heterocycles. The van der Waals surface area contributed by atoms with Gasteiger partial charge in [0.15, 0.2) is 10.9 Å². The Morgan fingerprint density at radius 1 is 0.929 bits per heavy atom. The molecule has 4 aromatic rings. The average molecular weight is 582 g/mol. The molecule has 2 aromatic carbocycles. The van der Waals surface area contributed by atoms with E-state index < -0.39 is 0 Å². The van der Waals surface area contributed by atoms with Gasteiger partial charge in [0.05, 0.1) is 10.9 Å². The summed E-state index contributed by atoms with van der Waals surface area (Å²) in [6.07, 6.45) is 8.92. The molecule has 0 saturated carbocycles. The van der Waals surface area contributed by atoms with Gasteiger partial charge in [0, 0.05) is 49.3 Å². The van der Waals surface area contributed by atoms with Gasteiger partial charge in [-0.1, -0.05) is 61.5 Å². The van der Waals surface area contributed by atoms with Gasteiger partial charge >= 0.3 is 0 Å². The minimum atomic E-state index is -0.0256. The Balaban J connectivity index is 1.06. The zero-order valence-corrected chi connectivity index (χ0v) is 25.4. The van der Waals surface area contributed by atoms with E-state index in [2.05, 4.69) is 21.7 Å². The molecule has 2 saturated heterocycles. The van der Waals surface area contributed by atoms with Crippen molar-refractivity contribution in [2.75, 3.05) is 31.1 Å². The van der Waals surface area contributed by atoms with Crippen LogP contribution in [-0.2, 0) is 19.2 Å². The molecule has 218 valence electrons. The maximum Gasteiger partial charge on any atom is 0.262 e. The largest absolute Gasteiger partial charge is 0.357 e. The van der Waals surface area contributed by atoms with Crippen molar-refractivity contribution in [2.24, 2.45) is 7.05 Å². The number of fused-ring (bicyclic) bond motifs is 1. The van der Waals surface area contributed by atoms with Gasteiger partial charge in [-0.15, -0.1) is 0 Å². The first-order valence-electron chi connectivity index (χ1n) is 15.2. The second-order valence-electron chi connectivity index (χ2n) is 11.5. The van der Waals surface area contributed by atoms with Crippen LogP contribution in [0, 0.1) is 0 Å². The molecule has 8 heteroatoms. The van der Waals surface area contributed by atoms with Crippen LogP contribution in [0.15, 0.2) is 70.7 Å². The zero-order chi connectivity index (χ0) is 29.1. The minimum Gasteiger partial charge on any atom is -0.357 e. The summed E-state index contributed by atoms with van der Waals surface area (Å²) in [6.45, 7) is 6.59. The summed E-state index contributed by atoms with van der Waals surface area (Å²) >= 11 is 1.53. The predicted molar refractivity (Wildman–Crippen MR) is 171 cm³/mol. The summed E-state index contributed by atoms with van der Waals surface area (Å²) in [5, 5.41) is 1.39. The number of rotatable bonds is 8. The van der Waals surface area contributed by atoms with Crippen LogP contribution in [-0.4, -0.2) is 57.4 Å². The lowest BCUT2D eigenvalue weighted by Gasteiger charge is -2.40. The number of carbonyl (C=O) groups is 1. The second-order valence-corrected chi connectivity index (χ2v) is 12.4. The Labute approximate surface area is 252 Å². The van der Waals surface area contributed by atoms with Crippen molar-refractivity contribution in [3.05, 3.63) is 93.4 Å². The van der Waals surface area contributed by atoms with Crippen LogP contribution in [0.3, 0.4) is 0 Å². The summed E-state index contributed by atoms with van der Waals surface area (Å²) in [6, 6.07) is 18.1.